The van der Waals surface area contributed by atoms with Crippen molar-refractivity contribution in [3.8, 4) is 0 Å². The van der Waals surface area contributed by atoms with Crippen LogP contribution in [-0.2, 0) is 14.2 Å². The lowest BCUT2D eigenvalue weighted by molar-refractivity contribution is -0.202. The summed E-state index contributed by atoms with van der Waals surface area (Å²) in [7, 11) is 6.77. The van der Waals surface area contributed by atoms with E-state index in [-0.39, 0.29) is 6.04 Å². The Balaban J connectivity index is 2.68. The summed E-state index contributed by atoms with van der Waals surface area (Å²) in [5.74, 6) is 0. The third-order valence-corrected chi connectivity index (χ3v) is 2.24. The monoisotopic (exact) mass is 191 g/mol. The first-order chi connectivity index (χ1) is 6.11. The second kappa shape index (κ2) is 4.34. The summed E-state index contributed by atoms with van der Waals surface area (Å²) in [5.41, 5.74) is 0. The molecule has 0 bridgehead atoms. The van der Waals surface area contributed by atoms with E-state index in [2.05, 4.69) is 0 Å². The summed E-state index contributed by atoms with van der Waals surface area (Å²) in [6.07, 6.45) is -1.71. The van der Waals surface area contributed by atoms with Crippen LogP contribution in [0.2, 0.25) is 0 Å². The van der Waals surface area contributed by atoms with E-state index >= 15 is 0 Å². The average Bonchev–Trinajstić information content (AvgIpc) is 2.41. The Hall–Kier alpha value is -0.200. The molecule has 0 aromatic carbocycles. The summed E-state index contributed by atoms with van der Waals surface area (Å²) in [6, 6.07) is -0.185. The molecule has 1 aliphatic heterocycles. The summed E-state index contributed by atoms with van der Waals surface area (Å²) in [6.45, 7) is 0. The second-order valence-corrected chi connectivity index (χ2v) is 3.29. The average molecular weight is 191 g/mol. The van der Waals surface area contributed by atoms with Crippen LogP contribution in [0.15, 0.2) is 0 Å². The second-order valence-electron chi connectivity index (χ2n) is 3.29. The number of ether oxygens (including phenoxy) is 3. The molecule has 0 spiro atoms. The number of hydrogen-bond donors (Lipinski definition) is 1. The maximum atomic E-state index is 9.75. The fourth-order valence-electron chi connectivity index (χ4n) is 1.55. The highest BCUT2D eigenvalue weighted by atomic mass is 16.8. The summed E-state index contributed by atoms with van der Waals surface area (Å²) in [4.78, 5) is 1.86. The Bertz CT molecular complexity index is 162. The van der Waals surface area contributed by atoms with Crippen molar-refractivity contribution < 1.29 is 19.3 Å². The number of methoxy groups -OCH3 is 2. The standard InChI is InChI=1S/C8H17NO4/c1-9(2)5-6(10)8(12-4)13-7(5)11-3/h5-8,10H,1-4H3/t5-,6-,7+,8+/m0/s1. The summed E-state index contributed by atoms with van der Waals surface area (Å²) in [5, 5.41) is 9.75. The van der Waals surface area contributed by atoms with Gasteiger partial charge in [-0.2, -0.15) is 0 Å². The Morgan fingerprint density at radius 3 is 2.00 bits per heavy atom. The minimum absolute atomic E-state index is 0.185. The highest BCUT2D eigenvalue weighted by Crippen LogP contribution is 2.24. The van der Waals surface area contributed by atoms with E-state index in [4.69, 9.17) is 14.2 Å². The summed E-state index contributed by atoms with van der Waals surface area (Å²) < 4.78 is 15.4. The van der Waals surface area contributed by atoms with Crippen LogP contribution in [0.1, 0.15) is 0 Å². The predicted molar refractivity (Wildman–Crippen MR) is 46.2 cm³/mol. The highest BCUT2D eigenvalue weighted by Gasteiger charge is 2.45. The van der Waals surface area contributed by atoms with E-state index < -0.39 is 18.7 Å². The zero-order chi connectivity index (χ0) is 10.0. The lowest BCUT2D eigenvalue weighted by atomic mass is 10.1. The fraction of sp³-hybridized carbons (Fsp3) is 1.00. The molecule has 0 unspecified atom stereocenters. The molecular weight excluding hydrogens is 174 g/mol. The lowest BCUT2D eigenvalue weighted by Crippen LogP contribution is -2.44. The van der Waals surface area contributed by atoms with E-state index in [1.54, 1.807) is 7.11 Å². The zero-order valence-electron chi connectivity index (χ0n) is 8.43. The third-order valence-electron chi connectivity index (χ3n) is 2.24. The molecule has 5 nitrogen and oxygen atoms in total. The van der Waals surface area contributed by atoms with Gasteiger partial charge in [0.05, 0.1) is 6.04 Å². The Kier molecular flexibility index (Phi) is 3.63. The minimum Gasteiger partial charge on any atom is -0.386 e. The van der Waals surface area contributed by atoms with Crippen LogP contribution in [0.5, 0.6) is 0 Å². The first-order valence-corrected chi connectivity index (χ1v) is 4.17. The van der Waals surface area contributed by atoms with Crippen molar-refractivity contribution in [3.63, 3.8) is 0 Å². The van der Waals surface area contributed by atoms with Gasteiger partial charge in [-0.15, -0.1) is 0 Å². The molecule has 1 aliphatic rings. The maximum absolute atomic E-state index is 9.75. The van der Waals surface area contributed by atoms with Gasteiger partial charge in [0.15, 0.2) is 12.6 Å². The van der Waals surface area contributed by atoms with Crippen LogP contribution in [0, 0.1) is 0 Å². The molecule has 1 N–H and O–H groups in total. The smallest absolute Gasteiger partial charge is 0.187 e. The van der Waals surface area contributed by atoms with Crippen molar-refractivity contribution in [1.82, 2.24) is 4.90 Å². The molecule has 4 atom stereocenters. The fourth-order valence-corrected chi connectivity index (χ4v) is 1.55. The van der Waals surface area contributed by atoms with E-state index in [0.29, 0.717) is 0 Å². The molecule has 78 valence electrons. The predicted octanol–water partition coefficient (Wildman–Crippen LogP) is -0.747. The molecule has 0 amide bonds. The molecule has 0 saturated carbocycles. The highest BCUT2D eigenvalue weighted by molar-refractivity contribution is 4.87. The SMILES string of the molecule is CO[C@@H]1O[C@@H](OC)[C@@H](N(C)C)[C@@H]1O. The number of hydrogen-bond acceptors (Lipinski definition) is 5. The number of nitrogens with zero attached hydrogens (tertiary/aromatic N) is 1. The zero-order valence-corrected chi connectivity index (χ0v) is 8.43. The van der Waals surface area contributed by atoms with Crippen LogP contribution in [0.4, 0.5) is 0 Å². The molecule has 1 heterocycles. The number of aliphatic hydroxyl groups is 1. The molecule has 1 rings (SSSR count). The van der Waals surface area contributed by atoms with Gasteiger partial charge in [-0.25, -0.2) is 0 Å². The van der Waals surface area contributed by atoms with E-state index in [9.17, 15) is 5.11 Å². The molecule has 1 fully saturated rings. The normalized spacial score (nSPS) is 40.2. The Labute approximate surface area is 78.2 Å². The maximum Gasteiger partial charge on any atom is 0.187 e. The van der Waals surface area contributed by atoms with Crippen LogP contribution in [-0.4, -0.2) is 63.0 Å². The molecule has 0 aromatic heterocycles. The van der Waals surface area contributed by atoms with Crippen molar-refractivity contribution >= 4 is 0 Å². The van der Waals surface area contributed by atoms with Gasteiger partial charge in [-0.3, -0.25) is 4.90 Å². The topological polar surface area (TPSA) is 51.2 Å². The summed E-state index contributed by atoms with van der Waals surface area (Å²) >= 11 is 0. The molecule has 1 saturated heterocycles. The van der Waals surface area contributed by atoms with Crippen molar-refractivity contribution in [1.29, 1.82) is 0 Å². The molecule has 0 aliphatic carbocycles. The van der Waals surface area contributed by atoms with Gasteiger partial charge < -0.3 is 19.3 Å². The number of aliphatic hydroxyl groups excluding tert-OH is 1. The number of rotatable bonds is 3. The lowest BCUT2D eigenvalue weighted by Gasteiger charge is -2.25. The van der Waals surface area contributed by atoms with Gasteiger partial charge in [0.25, 0.3) is 0 Å². The van der Waals surface area contributed by atoms with Crippen LogP contribution in [0.25, 0.3) is 0 Å². The van der Waals surface area contributed by atoms with Crippen molar-refractivity contribution in [2.24, 2.45) is 0 Å². The van der Waals surface area contributed by atoms with E-state index in [0.717, 1.165) is 0 Å². The largest absolute Gasteiger partial charge is 0.386 e. The van der Waals surface area contributed by atoms with Crippen LogP contribution < -0.4 is 0 Å². The molecule has 13 heavy (non-hydrogen) atoms. The van der Waals surface area contributed by atoms with Gasteiger partial charge in [-0.05, 0) is 14.1 Å². The van der Waals surface area contributed by atoms with Crippen molar-refractivity contribution in [3.05, 3.63) is 0 Å². The first-order valence-electron chi connectivity index (χ1n) is 4.17. The molecule has 0 radical (unpaired) electrons. The van der Waals surface area contributed by atoms with Gasteiger partial charge in [0, 0.05) is 14.2 Å². The third kappa shape index (κ3) is 2.00. The van der Waals surface area contributed by atoms with Gasteiger partial charge >= 0.3 is 0 Å². The van der Waals surface area contributed by atoms with Crippen molar-refractivity contribution in [2.75, 3.05) is 28.3 Å². The van der Waals surface area contributed by atoms with Gasteiger partial charge in [0.2, 0.25) is 0 Å². The Morgan fingerprint density at radius 2 is 1.69 bits per heavy atom. The van der Waals surface area contributed by atoms with E-state index in [1.165, 1.54) is 7.11 Å². The van der Waals surface area contributed by atoms with Gasteiger partial charge in [0.1, 0.15) is 6.10 Å². The molecule has 5 heteroatoms. The molecular formula is C8H17NO4. The van der Waals surface area contributed by atoms with Gasteiger partial charge in [-0.1, -0.05) is 0 Å². The number of likely N-dealkylation sites (N-methyl/N-ethyl adjacent to an activating group) is 1. The van der Waals surface area contributed by atoms with E-state index in [1.807, 2.05) is 19.0 Å². The van der Waals surface area contributed by atoms with Crippen LogP contribution in [0.3, 0.4) is 0 Å². The quantitative estimate of drug-likeness (QED) is 0.636. The minimum atomic E-state index is -0.676. The van der Waals surface area contributed by atoms with Crippen LogP contribution >= 0.6 is 0 Å². The van der Waals surface area contributed by atoms with Crippen molar-refractivity contribution in [2.45, 2.75) is 24.7 Å². The molecule has 0 aromatic rings. The Morgan fingerprint density at radius 1 is 1.15 bits per heavy atom. The first kappa shape index (κ1) is 10.9.